The van der Waals surface area contributed by atoms with E-state index in [2.05, 4.69) is 15.0 Å². The second-order valence-electron chi connectivity index (χ2n) is 11.7. The van der Waals surface area contributed by atoms with Crippen molar-refractivity contribution in [2.75, 3.05) is 6.54 Å². The summed E-state index contributed by atoms with van der Waals surface area (Å²) in [6, 6.07) is 11.1. The van der Waals surface area contributed by atoms with Crippen molar-refractivity contribution >= 4 is 23.6 Å². The maximum Gasteiger partial charge on any atom is 0.461 e. The number of rotatable bonds is 9. The Morgan fingerprint density at radius 2 is 1.76 bits per heavy atom. The number of carbonyl (C=O) groups excluding carboxylic acids is 2. The molecule has 248 valence electrons. The van der Waals surface area contributed by atoms with E-state index < -0.39 is 72.2 Å². The fourth-order valence-electron chi connectivity index (χ4n) is 4.98. The van der Waals surface area contributed by atoms with E-state index in [1.165, 1.54) is 39.1 Å². The number of alkyl halides is 6. The Morgan fingerprint density at radius 3 is 2.35 bits per heavy atom. The van der Waals surface area contributed by atoms with Crippen molar-refractivity contribution in [3.8, 4) is 5.75 Å². The summed E-state index contributed by atoms with van der Waals surface area (Å²) in [6.45, 7) is 3.37. The van der Waals surface area contributed by atoms with Gasteiger partial charge in [0.1, 0.15) is 28.7 Å². The van der Waals surface area contributed by atoms with Gasteiger partial charge in [0.25, 0.3) is 5.92 Å². The summed E-state index contributed by atoms with van der Waals surface area (Å²) in [5, 5.41) is 2.75. The molecule has 15 heteroatoms. The third kappa shape index (κ3) is 8.20. The SMILES string of the molecule is CC(C)(C)OC(=O)N1CC(F)(F)CC1C(=O)NC(Cc1ccccc1)(c1cc(F)cc(OC(F)(F)C(F)F)c1)c1ccc(Cl)cn1. The van der Waals surface area contributed by atoms with E-state index in [1.54, 1.807) is 30.3 Å². The Kier molecular flexibility index (Phi) is 9.81. The van der Waals surface area contributed by atoms with Crippen molar-refractivity contribution in [3.05, 3.63) is 94.5 Å². The summed E-state index contributed by atoms with van der Waals surface area (Å²) in [5.74, 6) is -6.90. The van der Waals surface area contributed by atoms with Crippen molar-refractivity contribution in [2.45, 2.75) is 69.3 Å². The van der Waals surface area contributed by atoms with Gasteiger partial charge in [-0.2, -0.15) is 17.6 Å². The van der Waals surface area contributed by atoms with E-state index in [0.29, 0.717) is 16.5 Å². The van der Waals surface area contributed by atoms with E-state index in [-0.39, 0.29) is 22.7 Å². The molecule has 0 saturated carbocycles. The molecule has 2 heterocycles. The van der Waals surface area contributed by atoms with Gasteiger partial charge in [0, 0.05) is 25.1 Å². The number of nitrogens with one attached hydrogen (secondary N) is 1. The lowest BCUT2D eigenvalue weighted by molar-refractivity contribution is -0.253. The van der Waals surface area contributed by atoms with Crippen molar-refractivity contribution < 1.29 is 49.8 Å². The second-order valence-corrected chi connectivity index (χ2v) is 12.2. The molecule has 2 atom stereocenters. The molecule has 1 N–H and O–H groups in total. The minimum Gasteiger partial charge on any atom is -0.444 e. The van der Waals surface area contributed by atoms with E-state index in [1.807, 2.05) is 0 Å². The molecule has 7 nitrogen and oxygen atoms in total. The largest absolute Gasteiger partial charge is 0.461 e. The molecule has 1 aliphatic heterocycles. The van der Waals surface area contributed by atoms with Gasteiger partial charge in [0.15, 0.2) is 0 Å². The summed E-state index contributed by atoms with van der Waals surface area (Å²) < 4.78 is 108. The lowest BCUT2D eigenvalue weighted by Crippen LogP contribution is -2.55. The van der Waals surface area contributed by atoms with Gasteiger partial charge in [0.2, 0.25) is 5.91 Å². The van der Waals surface area contributed by atoms with Gasteiger partial charge in [-0.05, 0) is 56.2 Å². The lowest BCUT2D eigenvalue weighted by Gasteiger charge is -2.37. The Labute approximate surface area is 264 Å². The number of hydrogen-bond donors (Lipinski definition) is 1. The number of nitrogens with zero attached hydrogens (tertiary/aromatic N) is 2. The molecule has 46 heavy (non-hydrogen) atoms. The van der Waals surface area contributed by atoms with Crippen LogP contribution in [0.5, 0.6) is 5.75 Å². The van der Waals surface area contributed by atoms with Crippen LogP contribution in [0.2, 0.25) is 5.02 Å². The normalized spacial score (nSPS) is 17.8. The van der Waals surface area contributed by atoms with Crippen molar-refractivity contribution in [1.29, 1.82) is 0 Å². The van der Waals surface area contributed by atoms with Crippen LogP contribution in [0.15, 0.2) is 66.9 Å². The zero-order chi connectivity index (χ0) is 34.1. The molecule has 0 aliphatic carbocycles. The number of benzene rings is 2. The highest BCUT2D eigenvalue weighted by molar-refractivity contribution is 6.30. The minimum absolute atomic E-state index is 0.0696. The van der Waals surface area contributed by atoms with Crippen LogP contribution in [-0.2, 0) is 21.5 Å². The number of likely N-dealkylation sites (tertiary alicyclic amines) is 1. The molecule has 2 amide bonds. The van der Waals surface area contributed by atoms with Crippen LogP contribution in [0.4, 0.5) is 35.5 Å². The molecule has 3 aromatic rings. The maximum absolute atomic E-state index is 15.1. The molecule has 1 fully saturated rings. The van der Waals surface area contributed by atoms with E-state index >= 15 is 4.39 Å². The van der Waals surface area contributed by atoms with Crippen LogP contribution in [0.3, 0.4) is 0 Å². The fraction of sp³-hybridized carbons (Fsp3) is 0.387. The van der Waals surface area contributed by atoms with Crippen LogP contribution in [0.1, 0.15) is 44.0 Å². The Balaban J connectivity index is 1.90. The molecule has 2 aromatic carbocycles. The molecule has 2 unspecified atom stereocenters. The molecule has 1 saturated heterocycles. The van der Waals surface area contributed by atoms with Gasteiger partial charge in [-0.1, -0.05) is 41.9 Å². The van der Waals surface area contributed by atoms with E-state index in [9.17, 15) is 35.9 Å². The van der Waals surface area contributed by atoms with E-state index in [0.717, 1.165) is 12.1 Å². The van der Waals surface area contributed by atoms with Gasteiger partial charge in [-0.15, -0.1) is 0 Å². The highest BCUT2D eigenvalue weighted by Gasteiger charge is 2.53. The number of pyridine rings is 1. The van der Waals surface area contributed by atoms with Gasteiger partial charge in [-0.3, -0.25) is 14.7 Å². The van der Waals surface area contributed by atoms with Crippen LogP contribution < -0.4 is 10.1 Å². The highest BCUT2D eigenvalue weighted by Crippen LogP contribution is 2.39. The molecule has 4 rings (SSSR count). The molecule has 0 bridgehead atoms. The lowest BCUT2D eigenvalue weighted by atomic mass is 9.80. The standard InChI is InChI=1S/C31H29ClF7N3O4/c1-28(2,3)46-27(44)42-17-29(36,37)15-23(42)25(43)41-30(14-18-7-5-4-6-8-18,24-10-9-20(32)16-40-24)19-11-21(33)13-22(12-19)45-31(38,39)26(34)35/h4-13,16,23,26H,14-15,17H2,1-3H3,(H,41,43). The first kappa shape index (κ1) is 34.8. The highest BCUT2D eigenvalue weighted by atomic mass is 35.5. The van der Waals surface area contributed by atoms with Crippen LogP contribution >= 0.6 is 11.6 Å². The molecule has 0 radical (unpaired) electrons. The molecular weight excluding hydrogens is 647 g/mol. The van der Waals surface area contributed by atoms with Gasteiger partial charge < -0.3 is 14.8 Å². The summed E-state index contributed by atoms with van der Waals surface area (Å²) in [7, 11) is 0. The fourth-order valence-corrected chi connectivity index (χ4v) is 5.09. The molecule has 1 aliphatic rings. The quantitative estimate of drug-likeness (QED) is 0.240. The second kappa shape index (κ2) is 13.0. The number of ether oxygens (including phenoxy) is 2. The number of amides is 2. The van der Waals surface area contributed by atoms with Gasteiger partial charge in [-0.25, -0.2) is 18.0 Å². The topological polar surface area (TPSA) is 80.8 Å². The summed E-state index contributed by atoms with van der Waals surface area (Å²) in [6.07, 6.45) is -10.7. The number of aromatic nitrogens is 1. The average Bonchev–Trinajstić information content (AvgIpc) is 3.28. The smallest absolute Gasteiger partial charge is 0.444 e. The summed E-state index contributed by atoms with van der Waals surface area (Å²) >= 11 is 6.04. The maximum atomic E-state index is 15.1. The molecular formula is C31H29ClF7N3O4. The third-order valence-electron chi connectivity index (χ3n) is 6.89. The van der Waals surface area contributed by atoms with Crippen LogP contribution in [0, 0.1) is 5.82 Å². The Morgan fingerprint density at radius 1 is 1.09 bits per heavy atom. The summed E-state index contributed by atoms with van der Waals surface area (Å²) in [5.41, 5.74) is -3.09. The Bertz CT molecular complexity index is 1560. The van der Waals surface area contributed by atoms with E-state index in [4.69, 9.17) is 16.3 Å². The Hall–Kier alpha value is -4.07. The predicted octanol–water partition coefficient (Wildman–Crippen LogP) is 7.36. The monoisotopic (exact) mass is 675 g/mol. The summed E-state index contributed by atoms with van der Waals surface area (Å²) in [4.78, 5) is 31.8. The zero-order valence-electron chi connectivity index (χ0n) is 24.7. The number of halogens is 8. The first-order valence-corrected chi connectivity index (χ1v) is 14.2. The van der Waals surface area contributed by atoms with Gasteiger partial charge in [0.05, 0.1) is 17.3 Å². The minimum atomic E-state index is -5.02. The number of carbonyl (C=O) groups is 2. The first-order valence-electron chi connectivity index (χ1n) is 13.8. The van der Waals surface area contributed by atoms with Crippen LogP contribution in [0.25, 0.3) is 0 Å². The van der Waals surface area contributed by atoms with Crippen LogP contribution in [-0.4, -0.2) is 58.5 Å². The first-order chi connectivity index (χ1) is 21.3. The number of hydrogen-bond acceptors (Lipinski definition) is 5. The molecule has 0 spiro atoms. The molecule has 1 aromatic heterocycles. The van der Waals surface area contributed by atoms with Gasteiger partial charge >= 0.3 is 18.6 Å². The zero-order valence-corrected chi connectivity index (χ0v) is 25.4. The van der Waals surface area contributed by atoms with Crippen molar-refractivity contribution in [1.82, 2.24) is 15.2 Å². The van der Waals surface area contributed by atoms with Crippen molar-refractivity contribution in [3.63, 3.8) is 0 Å². The van der Waals surface area contributed by atoms with Crippen molar-refractivity contribution in [2.24, 2.45) is 0 Å². The third-order valence-corrected chi connectivity index (χ3v) is 7.11. The average molecular weight is 676 g/mol. The predicted molar refractivity (Wildman–Crippen MR) is 153 cm³/mol.